The van der Waals surface area contributed by atoms with Crippen LogP contribution in [0.2, 0.25) is 5.02 Å². The minimum atomic E-state index is -1.95. The van der Waals surface area contributed by atoms with Gasteiger partial charge < -0.3 is 9.84 Å². The third-order valence-corrected chi connectivity index (χ3v) is 10.4. The lowest BCUT2D eigenvalue weighted by atomic mass is 9.56. The molecule has 6 atom stereocenters. The molecular formula is C25H24BrCl3N2O6. The van der Waals surface area contributed by atoms with Crippen LogP contribution in [-0.2, 0) is 19.2 Å². The van der Waals surface area contributed by atoms with Gasteiger partial charge in [0.25, 0.3) is 11.8 Å². The smallest absolute Gasteiger partial charge is 0.254 e. The summed E-state index contributed by atoms with van der Waals surface area (Å²) >= 11 is 23.8. The van der Waals surface area contributed by atoms with Crippen molar-refractivity contribution in [3.05, 3.63) is 34.4 Å². The van der Waals surface area contributed by atoms with Crippen LogP contribution in [0.25, 0.3) is 0 Å². The Balaban J connectivity index is 1.74. The van der Waals surface area contributed by atoms with Gasteiger partial charge in [-0.2, -0.15) is 0 Å². The largest absolute Gasteiger partial charge is 0.503 e. The summed E-state index contributed by atoms with van der Waals surface area (Å²) in [6, 6.07) is 2.96. The molecule has 5 rings (SSSR count). The zero-order chi connectivity index (χ0) is 27.0. The first-order valence-corrected chi connectivity index (χ1v) is 14.1. The molecule has 1 aromatic carbocycles. The van der Waals surface area contributed by atoms with Crippen molar-refractivity contribution in [1.82, 2.24) is 9.80 Å². The molecule has 198 valence electrons. The molecule has 3 fully saturated rings. The van der Waals surface area contributed by atoms with E-state index in [9.17, 15) is 24.3 Å². The van der Waals surface area contributed by atoms with Crippen molar-refractivity contribution in [2.24, 2.45) is 17.8 Å². The number of ether oxygens (including phenoxy) is 1. The number of phenolic OH excluding ortho intramolecular Hbond substituents is 1. The Bertz CT molecular complexity index is 1270. The topological polar surface area (TPSA) is 104 Å². The number of hydrogen-bond donors (Lipinski definition) is 1. The van der Waals surface area contributed by atoms with Gasteiger partial charge in [0.1, 0.15) is 0 Å². The Kier molecular flexibility index (Phi) is 6.62. The van der Waals surface area contributed by atoms with Gasteiger partial charge in [0.2, 0.25) is 11.8 Å². The predicted molar refractivity (Wildman–Crippen MR) is 140 cm³/mol. The molecule has 2 saturated heterocycles. The van der Waals surface area contributed by atoms with Crippen LogP contribution in [0.15, 0.2) is 23.8 Å². The SMILES string of the molecule is CCCN1C(=O)[C@H]2[C@H](CC=C3[C@H]2C[C@@]2(Cl)C(=O)N(CBr)C(=O)[C@@]2(Cl)[C@H]3c2cc(Cl)c(O)c(OC)c2)C1=O. The minimum absolute atomic E-state index is 0.0402. The van der Waals surface area contributed by atoms with E-state index in [-0.39, 0.29) is 46.6 Å². The number of imide groups is 2. The molecule has 37 heavy (non-hydrogen) atoms. The van der Waals surface area contributed by atoms with E-state index in [2.05, 4.69) is 15.9 Å². The fourth-order valence-corrected chi connectivity index (χ4v) is 8.20. The number of carbonyl (C=O) groups is 4. The number of hydrogen-bond acceptors (Lipinski definition) is 6. The number of phenols is 1. The van der Waals surface area contributed by atoms with Crippen LogP contribution in [0.4, 0.5) is 0 Å². The fourth-order valence-electron chi connectivity index (χ4n) is 6.55. The first-order chi connectivity index (χ1) is 17.5. The highest BCUT2D eigenvalue weighted by Crippen LogP contribution is 2.66. The number of allylic oxidation sites excluding steroid dienone is 2. The number of benzene rings is 1. The van der Waals surface area contributed by atoms with Crippen LogP contribution in [0.5, 0.6) is 11.5 Å². The number of methoxy groups -OCH3 is 1. The lowest BCUT2D eigenvalue weighted by molar-refractivity contribution is -0.141. The molecule has 1 saturated carbocycles. The number of fused-ring (bicyclic) bond motifs is 4. The third kappa shape index (κ3) is 3.39. The third-order valence-electron chi connectivity index (χ3n) is 8.16. The van der Waals surface area contributed by atoms with Gasteiger partial charge in [-0.1, -0.05) is 46.1 Å². The molecule has 8 nitrogen and oxygen atoms in total. The van der Waals surface area contributed by atoms with Crippen LogP contribution in [0, 0.1) is 17.8 Å². The summed E-state index contributed by atoms with van der Waals surface area (Å²) in [6.45, 7) is 2.19. The maximum atomic E-state index is 13.7. The van der Waals surface area contributed by atoms with Crippen molar-refractivity contribution >= 4 is 74.4 Å². The van der Waals surface area contributed by atoms with Gasteiger partial charge in [-0.15, -0.1) is 23.2 Å². The molecule has 0 radical (unpaired) electrons. The normalized spacial score (nSPS) is 34.9. The van der Waals surface area contributed by atoms with E-state index in [1.165, 1.54) is 24.1 Å². The number of amides is 4. The van der Waals surface area contributed by atoms with Gasteiger partial charge in [0.05, 0.1) is 29.4 Å². The summed E-state index contributed by atoms with van der Waals surface area (Å²) in [6.07, 6.45) is 2.66. The Morgan fingerprint density at radius 2 is 1.81 bits per heavy atom. The molecule has 2 heterocycles. The molecule has 12 heteroatoms. The lowest BCUT2D eigenvalue weighted by Gasteiger charge is -2.50. The number of alkyl halides is 3. The van der Waals surface area contributed by atoms with Crippen molar-refractivity contribution in [3.8, 4) is 11.5 Å². The van der Waals surface area contributed by atoms with E-state index in [4.69, 9.17) is 39.5 Å². The molecule has 4 amide bonds. The monoisotopic (exact) mass is 632 g/mol. The number of nitrogens with zero attached hydrogens (tertiary/aromatic N) is 2. The van der Waals surface area contributed by atoms with Crippen LogP contribution in [-0.4, -0.2) is 67.4 Å². The van der Waals surface area contributed by atoms with E-state index < -0.39 is 45.2 Å². The molecule has 0 bridgehead atoms. The van der Waals surface area contributed by atoms with Gasteiger partial charge in [-0.25, -0.2) is 0 Å². The second kappa shape index (κ2) is 9.14. The van der Waals surface area contributed by atoms with Crippen molar-refractivity contribution in [1.29, 1.82) is 0 Å². The maximum Gasteiger partial charge on any atom is 0.254 e. The van der Waals surface area contributed by atoms with Gasteiger partial charge in [0.15, 0.2) is 21.2 Å². The summed E-state index contributed by atoms with van der Waals surface area (Å²) in [5, 5.41) is 10.3. The maximum absolute atomic E-state index is 13.7. The molecule has 0 unspecified atom stereocenters. The summed E-state index contributed by atoms with van der Waals surface area (Å²) < 4.78 is 5.29. The Morgan fingerprint density at radius 3 is 2.43 bits per heavy atom. The van der Waals surface area contributed by atoms with E-state index in [0.717, 1.165) is 4.90 Å². The predicted octanol–water partition coefficient (Wildman–Crippen LogP) is 4.18. The van der Waals surface area contributed by atoms with Crippen molar-refractivity contribution < 1.29 is 29.0 Å². The highest BCUT2D eigenvalue weighted by atomic mass is 79.9. The van der Waals surface area contributed by atoms with Crippen LogP contribution in [0.1, 0.15) is 37.7 Å². The molecule has 1 N–H and O–H groups in total. The summed E-state index contributed by atoms with van der Waals surface area (Å²) in [5.41, 5.74) is 0.930. The quantitative estimate of drug-likeness (QED) is 0.226. The van der Waals surface area contributed by atoms with E-state index in [0.29, 0.717) is 24.1 Å². The average Bonchev–Trinajstić information content (AvgIpc) is 3.19. The number of rotatable bonds is 5. The zero-order valence-corrected chi connectivity index (χ0v) is 23.8. The second-order valence-corrected chi connectivity index (χ2v) is 12.0. The standard InChI is InChI=1S/C25H24BrCl3N2O6/c1-3-6-30-20(33)13-5-4-12-14(17(13)21(30)34)9-24(28)22(35)31(10-26)23(36)25(24,29)18(12)11-7-15(27)19(32)16(8-11)37-2/h4,7-8,13-14,17-18,32H,3,5-6,9-10H2,1-2H3/t13-,14+,17-,18-,24+,25-/m0/s1. The molecule has 1 aromatic rings. The minimum Gasteiger partial charge on any atom is -0.503 e. The van der Waals surface area contributed by atoms with E-state index >= 15 is 0 Å². The zero-order valence-electron chi connectivity index (χ0n) is 20.0. The number of likely N-dealkylation sites (tertiary alicyclic amines) is 2. The first-order valence-electron chi connectivity index (χ1n) is 11.9. The number of carbonyl (C=O) groups excluding carboxylic acids is 4. The molecule has 0 spiro atoms. The lowest BCUT2D eigenvalue weighted by Crippen LogP contribution is -2.60. The Hall–Kier alpha value is -1.81. The average molecular weight is 635 g/mol. The molecule has 2 aliphatic heterocycles. The molecule has 2 aliphatic carbocycles. The van der Waals surface area contributed by atoms with Crippen LogP contribution >= 0.6 is 50.7 Å². The molecule has 0 aromatic heterocycles. The Morgan fingerprint density at radius 1 is 1.11 bits per heavy atom. The van der Waals surface area contributed by atoms with Gasteiger partial charge >= 0.3 is 0 Å². The molecule has 4 aliphatic rings. The van der Waals surface area contributed by atoms with Crippen molar-refractivity contribution in [2.45, 2.75) is 41.9 Å². The number of halogens is 4. The first kappa shape index (κ1) is 26.8. The van der Waals surface area contributed by atoms with E-state index in [1.807, 2.05) is 13.0 Å². The second-order valence-electron chi connectivity index (χ2n) is 9.87. The van der Waals surface area contributed by atoms with Crippen LogP contribution in [0.3, 0.4) is 0 Å². The van der Waals surface area contributed by atoms with Crippen molar-refractivity contribution in [2.75, 3.05) is 19.1 Å². The Labute approximate surface area is 237 Å². The highest BCUT2D eigenvalue weighted by Gasteiger charge is 2.76. The van der Waals surface area contributed by atoms with Crippen LogP contribution < -0.4 is 4.74 Å². The number of aromatic hydroxyl groups is 1. The van der Waals surface area contributed by atoms with Gasteiger partial charge in [-0.05, 0) is 42.9 Å². The highest BCUT2D eigenvalue weighted by molar-refractivity contribution is 9.09. The molecular weight excluding hydrogens is 611 g/mol. The van der Waals surface area contributed by atoms with E-state index in [1.54, 1.807) is 0 Å². The summed E-state index contributed by atoms with van der Waals surface area (Å²) in [7, 11) is 1.35. The fraction of sp³-hybridized carbons (Fsp3) is 0.520. The summed E-state index contributed by atoms with van der Waals surface area (Å²) in [4.78, 5) is 52.4. The van der Waals surface area contributed by atoms with Crippen molar-refractivity contribution in [3.63, 3.8) is 0 Å². The van der Waals surface area contributed by atoms with Gasteiger partial charge in [0, 0.05) is 12.5 Å². The summed E-state index contributed by atoms with van der Waals surface area (Å²) in [5.74, 6) is -5.03. The van der Waals surface area contributed by atoms with Gasteiger partial charge in [-0.3, -0.25) is 29.0 Å².